The summed E-state index contributed by atoms with van der Waals surface area (Å²) >= 11 is 0. The number of terminal acetylenes is 1. The molecule has 3 heteroatoms. The van der Waals surface area contributed by atoms with E-state index in [-0.39, 0.29) is 23.4 Å². The van der Waals surface area contributed by atoms with Gasteiger partial charge in [0.15, 0.2) is 0 Å². The van der Waals surface area contributed by atoms with Crippen molar-refractivity contribution in [2.24, 2.45) is 17.1 Å². The largest absolute Gasteiger partial charge is 0.462 e. The van der Waals surface area contributed by atoms with E-state index < -0.39 is 5.54 Å². The highest BCUT2D eigenvalue weighted by molar-refractivity contribution is 5.82. The average molecular weight is 289 g/mol. The lowest BCUT2D eigenvalue weighted by Crippen LogP contribution is -2.57. The number of hydrogen-bond acceptors (Lipinski definition) is 3. The molecule has 0 aromatic rings. The third-order valence-electron chi connectivity index (χ3n) is 3.47. The average Bonchev–Trinajstić information content (AvgIpc) is 2.36. The van der Waals surface area contributed by atoms with Crippen molar-refractivity contribution in [3.05, 3.63) is 23.8 Å². The summed E-state index contributed by atoms with van der Waals surface area (Å²) in [7, 11) is 0. The van der Waals surface area contributed by atoms with Gasteiger partial charge in [0.05, 0.1) is 6.10 Å². The van der Waals surface area contributed by atoms with Crippen LogP contribution in [0.1, 0.15) is 47.5 Å². The van der Waals surface area contributed by atoms with Gasteiger partial charge in [-0.25, -0.2) is 0 Å². The molecule has 0 amide bonds. The minimum atomic E-state index is -1.03. The van der Waals surface area contributed by atoms with Crippen LogP contribution in [0.3, 0.4) is 0 Å². The molecule has 1 aliphatic rings. The van der Waals surface area contributed by atoms with Gasteiger partial charge in [0.1, 0.15) is 5.54 Å². The minimum Gasteiger partial charge on any atom is -0.462 e. The molecule has 21 heavy (non-hydrogen) atoms. The second kappa shape index (κ2) is 6.49. The number of carbonyl (C=O) groups excluding carboxylic acids is 1. The zero-order valence-electron chi connectivity index (χ0n) is 13.8. The Bertz CT molecular complexity index is 488. The molecule has 0 bridgehead atoms. The van der Waals surface area contributed by atoms with Crippen LogP contribution in [0.25, 0.3) is 0 Å². The molecule has 2 N–H and O–H groups in total. The quantitative estimate of drug-likeness (QED) is 0.638. The lowest BCUT2D eigenvalue weighted by atomic mass is 9.70. The van der Waals surface area contributed by atoms with Gasteiger partial charge in [0.25, 0.3) is 0 Å². The molecule has 0 aliphatic heterocycles. The highest BCUT2D eigenvalue weighted by atomic mass is 16.5. The van der Waals surface area contributed by atoms with E-state index in [9.17, 15) is 4.79 Å². The van der Waals surface area contributed by atoms with Crippen molar-refractivity contribution in [3.63, 3.8) is 0 Å². The van der Waals surface area contributed by atoms with E-state index in [4.69, 9.17) is 16.9 Å². The standard InChI is InChI=1S/C18H27NO2/c1-7-14-8-10-15(11-9-14)18(19,12-17(4,5)6)16(20)21-13(2)3/h1,8-10,13,15H,11-12,19H2,2-6H3/t15?,18-/m1/s1. The number of allylic oxidation sites excluding steroid dienone is 3. The lowest BCUT2D eigenvalue weighted by molar-refractivity contribution is -0.157. The molecule has 0 fully saturated rings. The van der Waals surface area contributed by atoms with Crippen LogP contribution in [-0.4, -0.2) is 17.6 Å². The van der Waals surface area contributed by atoms with Crippen molar-refractivity contribution in [1.82, 2.24) is 0 Å². The number of hydrogen-bond donors (Lipinski definition) is 1. The fraction of sp³-hybridized carbons (Fsp3) is 0.611. The van der Waals surface area contributed by atoms with Gasteiger partial charge < -0.3 is 10.5 Å². The Balaban J connectivity index is 3.04. The first kappa shape index (κ1) is 17.5. The van der Waals surface area contributed by atoms with E-state index in [1.54, 1.807) is 0 Å². The minimum absolute atomic E-state index is 0.0747. The van der Waals surface area contributed by atoms with E-state index >= 15 is 0 Å². The van der Waals surface area contributed by atoms with Gasteiger partial charge in [-0.15, -0.1) is 6.42 Å². The fourth-order valence-corrected chi connectivity index (χ4v) is 2.67. The molecule has 3 nitrogen and oxygen atoms in total. The summed E-state index contributed by atoms with van der Waals surface area (Å²) in [5.74, 6) is 2.17. The lowest BCUT2D eigenvalue weighted by Gasteiger charge is -2.39. The zero-order valence-corrected chi connectivity index (χ0v) is 13.8. The molecule has 0 aromatic heterocycles. The number of esters is 1. The highest BCUT2D eigenvalue weighted by Crippen LogP contribution is 2.36. The van der Waals surface area contributed by atoms with Crippen molar-refractivity contribution in [2.75, 3.05) is 0 Å². The highest BCUT2D eigenvalue weighted by Gasteiger charge is 2.45. The van der Waals surface area contributed by atoms with Gasteiger partial charge in [0.2, 0.25) is 0 Å². The number of nitrogens with two attached hydrogens (primary N) is 1. The SMILES string of the molecule is C#CC1=CCC([C@](N)(CC(C)(C)C)C(=O)OC(C)C)C=C1. The number of ether oxygens (including phenoxy) is 1. The van der Waals surface area contributed by atoms with Gasteiger partial charge in [-0.2, -0.15) is 0 Å². The molecule has 1 rings (SSSR count). The third kappa shape index (κ3) is 4.75. The summed E-state index contributed by atoms with van der Waals surface area (Å²) in [6.07, 6.45) is 12.2. The van der Waals surface area contributed by atoms with Crippen LogP contribution in [0, 0.1) is 23.7 Å². The van der Waals surface area contributed by atoms with Crippen molar-refractivity contribution in [2.45, 2.75) is 59.1 Å². The van der Waals surface area contributed by atoms with Crippen molar-refractivity contribution in [1.29, 1.82) is 0 Å². The molecule has 116 valence electrons. The van der Waals surface area contributed by atoms with Crippen molar-refractivity contribution in [3.8, 4) is 12.3 Å². The van der Waals surface area contributed by atoms with Crippen LogP contribution in [0.5, 0.6) is 0 Å². The molecule has 1 aliphatic carbocycles. The van der Waals surface area contributed by atoms with E-state index in [1.807, 2.05) is 32.1 Å². The molecule has 0 aromatic carbocycles. The topological polar surface area (TPSA) is 52.3 Å². The Morgan fingerprint density at radius 3 is 2.52 bits per heavy atom. The summed E-state index contributed by atoms with van der Waals surface area (Å²) in [6.45, 7) is 9.90. The summed E-state index contributed by atoms with van der Waals surface area (Å²) in [5, 5.41) is 0. The van der Waals surface area contributed by atoms with Gasteiger partial charge in [0, 0.05) is 11.5 Å². The van der Waals surface area contributed by atoms with Gasteiger partial charge in [-0.3, -0.25) is 4.79 Å². The van der Waals surface area contributed by atoms with Crippen molar-refractivity contribution < 1.29 is 9.53 Å². The second-order valence-electron chi connectivity index (χ2n) is 7.24. The Labute approximate surface area is 128 Å². The molecule has 0 saturated carbocycles. The zero-order chi connectivity index (χ0) is 16.3. The van der Waals surface area contributed by atoms with Crippen LogP contribution in [0.4, 0.5) is 0 Å². The van der Waals surface area contributed by atoms with Crippen LogP contribution >= 0.6 is 0 Å². The second-order valence-corrected chi connectivity index (χ2v) is 7.24. The van der Waals surface area contributed by atoms with Crippen LogP contribution in [-0.2, 0) is 9.53 Å². The number of carbonyl (C=O) groups is 1. The fourth-order valence-electron chi connectivity index (χ4n) is 2.67. The summed E-state index contributed by atoms with van der Waals surface area (Å²) in [6, 6.07) is 0. The normalized spacial score (nSPS) is 21.4. The first-order valence-electron chi connectivity index (χ1n) is 7.43. The first-order valence-corrected chi connectivity index (χ1v) is 7.43. The molecule has 2 atom stereocenters. The maximum atomic E-state index is 12.6. The van der Waals surface area contributed by atoms with E-state index in [2.05, 4.69) is 26.7 Å². The van der Waals surface area contributed by atoms with Crippen LogP contribution in [0.15, 0.2) is 23.8 Å². The molecular weight excluding hydrogens is 262 g/mol. The molecule has 0 heterocycles. The van der Waals surface area contributed by atoms with Crippen LogP contribution < -0.4 is 5.73 Å². The van der Waals surface area contributed by atoms with Gasteiger partial charge in [-0.05, 0) is 32.1 Å². The maximum absolute atomic E-state index is 12.6. The predicted molar refractivity (Wildman–Crippen MR) is 86.4 cm³/mol. The molecule has 1 unspecified atom stereocenters. The molecular formula is C18H27NO2. The Morgan fingerprint density at radius 2 is 2.14 bits per heavy atom. The van der Waals surface area contributed by atoms with E-state index in [0.717, 1.165) is 5.57 Å². The van der Waals surface area contributed by atoms with Gasteiger partial charge in [-0.1, -0.05) is 44.9 Å². The van der Waals surface area contributed by atoms with Crippen molar-refractivity contribution >= 4 is 5.97 Å². The summed E-state index contributed by atoms with van der Waals surface area (Å²) < 4.78 is 5.41. The number of rotatable bonds is 4. The molecule has 0 saturated heterocycles. The smallest absolute Gasteiger partial charge is 0.327 e. The summed E-state index contributed by atoms with van der Waals surface area (Å²) in [5.41, 5.74) is 6.26. The first-order chi connectivity index (χ1) is 9.58. The van der Waals surface area contributed by atoms with Gasteiger partial charge >= 0.3 is 5.97 Å². The third-order valence-corrected chi connectivity index (χ3v) is 3.47. The Hall–Kier alpha value is -1.53. The van der Waals surface area contributed by atoms with E-state index in [0.29, 0.717) is 12.8 Å². The monoisotopic (exact) mass is 289 g/mol. The Morgan fingerprint density at radius 1 is 1.52 bits per heavy atom. The predicted octanol–water partition coefficient (Wildman–Crippen LogP) is 3.21. The van der Waals surface area contributed by atoms with E-state index in [1.165, 1.54) is 0 Å². The van der Waals surface area contributed by atoms with Crippen LogP contribution in [0.2, 0.25) is 0 Å². The Kier molecular flexibility index (Phi) is 5.42. The molecule has 0 spiro atoms. The maximum Gasteiger partial charge on any atom is 0.327 e. The summed E-state index contributed by atoms with van der Waals surface area (Å²) in [4.78, 5) is 12.6. The molecule has 0 radical (unpaired) electrons.